The lowest BCUT2D eigenvalue weighted by Crippen LogP contribution is -2.55. The molecule has 6 nitrogen and oxygen atoms in total. The van der Waals surface area contributed by atoms with Crippen molar-refractivity contribution in [3.8, 4) is 0 Å². The average Bonchev–Trinajstić information content (AvgIpc) is 2.63. The van der Waals surface area contributed by atoms with Crippen LogP contribution in [-0.4, -0.2) is 41.6 Å². The SMILES string of the molecule is CC(C)COC(=O)[C@H]1C(=O)C[C@](C)(O)[C@@H](C(=O)OCC(C)C)[C@@H]1c1ccc(Cl)cc1. The van der Waals surface area contributed by atoms with Gasteiger partial charge in [0.25, 0.3) is 0 Å². The van der Waals surface area contributed by atoms with Crippen LogP contribution < -0.4 is 0 Å². The van der Waals surface area contributed by atoms with Crippen LogP contribution in [0.4, 0.5) is 0 Å². The Bertz CT molecular complexity index is 768. The highest BCUT2D eigenvalue weighted by Gasteiger charge is 2.57. The normalized spacial score (nSPS) is 26.7. The summed E-state index contributed by atoms with van der Waals surface area (Å²) in [5.74, 6) is -4.82. The van der Waals surface area contributed by atoms with Gasteiger partial charge in [0.15, 0.2) is 5.78 Å². The van der Waals surface area contributed by atoms with Gasteiger partial charge in [0.1, 0.15) is 5.92 Å². The van der Waals surface area contributed by atoms with E-state index in [0.29, 0.717) is 10.6 Å². The molecule has 0 heterocycles. The van der Waals surface area contributed by atoms with Crippen LogP contribution in [0.15, 0.2) is 24.3 Å². The van der Waals surface area contributed by atoms with Gasteiger partial charge in [-0.1, -0.05) is 51.4 Å². The maximum atomic E-state index is 13.0. The maximum Gasteiger partial charge on any atom is 0.317 e. The van der Waals surface area contributed by atoms with Gasteiger partial charge in [-0.25, -0.2) is 0 Å². The van der Waals surface area contributed by atoms with Crippen molar-refractivity contribution in [2.75, 3.05) is 13.2 Å². The molecule has 0 spiro atoms. The molecule has 0 amide bonds. The molecule has 0 unspecified atom stereocenters. The number of Topliss-reactive ketones (excluding diaryl/α,β-unsaturated/α-hetero) is 1. The zero-order valence-corrected chi connectivity index (χ0v) is 18.9. The van der Waals surface area contributed by atoms with Crippen LogP contribution in [0.2, 0.25) is 5.02 Å². The Morgan fingerprint density at radius 2 is 1.57 bits per heavy atom. The smallest absolute Gasteiger partial charge is 0.317 e. The molecule has 1 aromatic carbocycles. The Kier molecular flexibility index (Phi) is 8.06. The molecule has 0 radical (unpaired) electrons. The summed E-state index contributed by atoms with van der Waals surface area (Å²) in [6, 6.07) is 6.57. The third kappa shape index (κ3) is 5.82. The highest BCUT2D eigenvalue weighted by atomic mass is 35.5. The Labute approximate surface area is 182 Å². The quantitative estimate of drug-likeness (QED) is 0.514. The third-order valence-electron chi connectivity index (χ3n) is 5.15. The number of carbonyl (C=O) groups excluding carboxylic acids is 3. The summed E-state index contributed by atoms with van der Waals surface area (Å²) in [6.45, 7) is 9.36. The molecule has 30 heavy (non-hydrogen) atoms. The van der Waals surface area contributed by atoms with Gasteiger partial charge in [0.05, 0.1) is 24.7 Å². The van der Waals surface area contributed by atoms with Crippen molar-refractivity contribution in [2.24, 2.45) is 23.7 Å². The molecule has 1 fully saturated rings. The van der Waals surface area contributed by atoms with E-state index in [1.165, 1.54) is 6.92 Å². The molecule has 0 saturated heterocycles. The summed E-state index contributed by atoms with van der Waals surface area (Å²) >= 11 is 6.00. The monoisotopic (exact) mass is 438 g/mol. The number of ketones is 1. The number of ether oxygens (including phenoxy) is 2. The van der Waals surface area contributed by atoms with E-state index in [2.05, 4.69) is 0 Å². The molecule has 0 aromatic heterocycles. The molecule has 1 aliphatic carbocycles. The van der Waals surface area contributed by atoms with E-state index in [1.54, 1.807) is 24.3 Å². The van der Waals surface area contributed by atoms with E-state index in [4.69, 9.17) is 21.1 Å². The number of hydrogen-bond acceptors (Lipinski definition) is 6. The van der Waals surface area contributed by atoms with Crippen molar-refractivity contribution in [1.29, 1.82) is 0 Å². The Balaban J connectivity index is 2.51. The van der Waals surface area contributed by atoms with Crippen molar-refractivity contribution in [2.45, 2.75) is 52.6 Å². The molecule has 1 aromatic rings. The summed E-state index contributed by atoms with van der Waals surface area (Å²) < 4.78 is 10.8. The van der Waals surface area contributed by atoms with E-state index >= 15 is 0 Å². The zero-order valence-electron chi connectivity index (χ0n) is 18.2. The van der Waals surface area contributed by atoms with Gasteiger partial charge in [0, 0.05) is 17.4 Å². The van der Waals surface area contributed by atoms with Gasteiger partial charge in [0.2, 0.25) is 0 Å². The number of halogens is 1. The predicted octanol–water partition coefficient (Wildman–Crippen LogP) is 3.78. The fourth-order valence-corrected chi connectivity index (χ4v) is 3.90. The highest BCUT2D eigenvalue weighted by molar-refractivity contribution is 6.30. The number of aliphatic hydroxyl groups is 1. The Morgan fingerprint density at radius 3 is 2.07 bits per heavy atom. The van der Waals surface area contributed by atoms with Crippen molar-refractivity contribution < 1.29 is 29.0 Å². The largest absolute Gasteiger partial charge is 0.465 e. The molecule has 1 N–H and O–H groups in total. The molecule has 1 aliphatic rings. The van der Waals surface area contributed by atoms with E-state index in [1.807, 2.05) is 27.7 Å². The summed E-state index contributed by atoms with van der Waals surface area (Å²) in [5, 5.41) is 11.5. The van der Waals surface area contributed by atoms with Gasteiger partial charge < -0.3 is 14.6 Å². The van der Waals surface area contributed by atoms with Crippen molar-refractivity contribution in [1.82, 2.24) is 0 Å². The van der Waals surface area contributed by atoms with Crippen LogP contribution in [0.25, 0.3) is 0 Å². The summed E-state index contributed by atoms with van der Waals surface area (Å²) in [5.41, 5.74) is -1.12. The predicted molar refractivity (Wildman–Crippen MR) is 113 cm³/mol. The molecule has 7 heteroatoms. The molecule has 1 saturated carbocycles. The van der Waals surface area contributed by atoms with Crippen molar-refractivity contribution in [3.63, 3.8) is 0 Å². The van der Waals surface area contributed by atoms with Crippen LogP contribution in [0.1, 0.15) is 52.5 Å². The molecule has 0 aliphatic heterocycles. The molecular weight excluding hydrogens is 408 g/mol. The van der Waals surface area contributed by atoms with Gasteiger partial charge >= 0.3 is 11.9 Å². The maximum absolute atomic E-state index is 13.0. The highest BCUT2D eigenvalue weighted by Crippen LogP contribution is 2.47. The third-order valence-corrected chi connectivity index (χ3v) is 5.40. The van der Waals surface area contributed by atoms with Crippen LogP contribution in [0, 0.1) is 23.7 Å². The number of rotatable bonds is 7. The van der Waals surface area contributed by atoms with Crippen LogP contribution >= 0.6 is 11.6 Å². The number of benzene rings is 1. The summed E-state index contributed by atoms with van der Waals surface area (Å²) in [7, 11) is 0. The lowest BCUT2D eigenvalue weighted by molar-refractivity contribution is -0.173. The van der Waals surface area contributed by atoms with Gasteiger partial charge in [-0.05, 0) is 36.5 Å². The molecule has 166 valence electrons. The molecule has 0 bridgehead atoms. The van der Waals surface area contributed by atoms with Crippen LogP contribution in [0.5, 0.6) is 0 Å². The van der Waals surface area contributed by atoms with Gasteiger partial charge in [-0.2, -0.15) is 0 Å². The van der Waals surface area contributed by atoms with E-state index in [9.17, 15) is 19.5 Å². The molecule has 2 rings (SSSR count). The topological polar surface area (TPSA) is 89.9 Å². The second kappa shape index (κ2) is 9.92. The van der Waals surface area contributed by atoms with E-state index in [0.717, 1.165) is 0 Å². The first kappa shape index (κ1) is 24.4. The van der Waals surface area contributed by atoms with Crippen LogP contribution in [0.3, 0.4) is 0 Å². The number of hydrogen-bond donors (Lipinski definition) is 1. The number of esters is 2. The second-order valence-electron chi connectivity index (χ2n) is 9.08. The van der Waals surface area contributed by atoms with Crippen molar-refractivity contribution in [3.05, 3.63) is 34.9 Å². The molecule has 4 atom stereocenters. The first-order valence-electron chi connectivity index (χ1n) is 10.3. The Morgan fingerprint density at radius 1 is 1.07 bits per heavy atom. The van der Waals surface area contributed by atoms with Gasteiger partial charge in [-0.15, -0.1) is 0 Å². The minimum Gasteiger partial charge on any atom is -0.465 e. The first-order valence-corrected chi connectivity index (χ1v) is 10.7. The lowest BCUT2D eigenvalue weighted by Gasteiger charge is -2.43. The minimum absolute atomic E-state index is 0.0940. The average molecular weight is 439 g/mol. The van der Waals surface area contributed by atoms with Crippen LogP contribution in [-0.2, 0) is 23.9 Å². The standard InChI is InChI=1S/C23H31ClO6/c1-13(2)11-29-21(26)19-17(25)10-23(5,28)20(22(27)30-12-14(3)4)18(19)15-6-8-16(24)9-7-15/h6-9,13-14,18-20,28H,10-12H2,1-5H3/t18-,19+,20-,23+/m1/s1. The van der Waals surface area contributed by atoms with Crippen molar-refractivity contribution >= 4 is 29.3 Å². The zero-order chi connectivity index (χ0) is 22.6. The van der Waals surface area contributed by atoms with E-state index in [-0.39, 0.29) is 31.5 Å². The summed E-state index contributed by atoms with van der Waals surface area (Å²) in [6.07, 6.45) is -0.333. The van der Waals surface area contributed by atoms with Gasteiger partial charge in [-0.3, -0.25) is 14.4 Å². The molecular formula is C23H31ClO6. The first-order chi connectivity index (χ1) is 13.9. The number of carbonyl (C=O) groups is 3. The Hall–Kier alpha value is -1.92. The second-order valence-corrected chi connectivity index (χ2v) is 9.52. The fraction of sp³-hybridized carbons (Fsp3) is 0.609. The minimum atomic E-state index is -1.66. The lowest BCUT2D eigenvalue weighted by atomic mass is 9.61. The summed E-state index contributed by atoms with van der Waals surface area (Å²) in [4.78, 5) is 38.9. The fourth-order valence-electron chi connectivity index (χ4n) is 3.78. The van der Waals surface area contributed by atoms with E-state index < -0.39 is 41.1 Å².